The third-order valence-corrected chi connectivity index (χ3v) is 3.12. The SMILES string of the molecule is C=CCON1C(=O)N2CC=C(c3cnoc3)C1C2. The fourth-order valence-corrected chi connectivity index (χ4v) is 2.29. The van der Waals surface area contributed by atoms with Crippen LogP contribution in [0.3, 0.4) is 0 Å². The number of rotatable bonds is 4. The van der Waals surface area contributed by atoms with E-state index in [0.717, 1.165) is 11.1 Å². The number of carbonyl (C=O) groups is 1. The molecule has 1 atom stereocenters. The summed E-state index contributed by atoms with van der Waals surface area (Å²) in [4.78, 5) is 19.2. The van der Waals surface area contributed by atoms with Crippen LogP contribution in [0.2, 0.25) is 0 Å². The number of urea groups is 1. The molecule has 18 heavy (non-hydrogen) atoms. The number of aromatic nitrogens is 1. The minimum atomic E-state index is -0.107. The molecular formula is C12H13N3O3. The van der Waals surface area contributed by atoms with E-state index in [1.807, 2.05) is 6.08 Å². The van der Waals surface area contributed by atoms with Gasteiger partial charge in [0.25, 0.3) is 0 Å². The number of fused-ring (bicyclic) bond motifs is 2. The summed E-state index contributed by atoms with van der Waals surface area (Å²) in [5.41, 5.74) is 1.91. The van der Waals surface area contributed by atoms with Gasteiger partial charge in [-0.3, -0.25) is 4.84 Å². The van der Waals surface area contributed by atoms with Gasteiger partial charge in [0.15, 0.2) is 0 Å². The lowest BCUT2D eigenvalue weighted by molar-refractivity contribution is -0.105. The van der Waals surface area contributed by atoms with Crippen LogP contribution >= 0.6 is 0 Å². The van der Waals surface area contributed by atoms with Crippen LogP contribution in [0.1, 0.15) is 5.56 Å². The first-order valence-electron chi connectivity index (χ1n) is 5.73. The molecule has 1 unspecified atom stereocenters. The maximum atomic E-state index is 12.0. The summed E-state index contributed by atoms with van der Waals surface area (Å²) < 4.78 is 4.85. The second-order valence-electron chi connectivity index (χ2n) is 4.19. The highest BCUT2D eigenvalue weighted by atomic mass is 16.7. The lowest BCUT2D eigenvalue weighted by atomic mass is 9.99. The van der Waals surface area contributed by atoms with Crippen LogP contribution in [-0.2, 0) is 4.84 Å². The standard InChI is InChI=1S/C12H13N3O3/c1-2-5-18-15-11-7-14(12(15)16)4-3-10(11)9-6-13-17-8-9/h2-3,6,8,11H,1,4-5,7H2. The molecule has 1 aromatic heterocycles. The van der Waals surface area contributed by atoms with Gasteiger partial charge in [0.1, 0.15) is 12.3 Å². The van der Waals surface area contributed by atoms with Crippen LogP contribution in [-0.4, -0.2) is 46.9 Å². The summed E-state index contributed by atoms with van der Waals surface area (Å²) in [7, 11) is 0. The fourth-order valence-electron chi connectivity index (χ4n) is 2.29. The molecular weight excluding hydrogens is 234 g/mol. The summed E-state index contributed by atoms with van der Waals surface area (Å²) in [6, 6.07) is -0.213. The zero-order valence-corrected chi connectivity index (χ0v) is 9.78. The molecule has 2 amide bonds. The van der Waals surface area contributed by atoms with E-state index in [9.17, 15) is 4.79 Å². The van der Waals surface area contributed by atoms with E-state index in [4.69, 9.17) is 9.36 Å². The molecule has 6 nitrogen and oxygen atoms in total. The molecule has 0 aliphatic carbocycles. The molecule has 1 fully saturated rings. The van der Waals surface area contributed by atoms with Gasteiger partial charge in [-0.05, 0) is 5.57 Å². The highest BCUT2D eigenvalue weighted by Crippen LogP contribution is 2.32. The Balaban J connectivity index is 1.88. The minimum absolute atomic E-state index is 0.106. The van der Waals surface area contributed by atoms with Crippen LogP contribution < -0.4 is 0 Å². The summed E-state index contributed by atoms with van der Waals surface area (Å²) in [5, 5.41) is 5.11. The molecule has 0 spiro atoms. The number of hydrogen-bond acceptors (Lipinski definition) is 4. The van der Waals surface area contributed by atoms with E-state index in [1.54, 1.807) is 23.4 Å². The number of hydroxylamine groups is 2. The van der Waals surface area contributed by atoms with E-state index in [2.05, 4.69) is 11.7 Å². The highest BCUT2D eigenvalue weighted by Gasteiger charge is 2.43. The van der Waals surface area contributed by atoms with E-state index in [1.165, 1.54) is 5.06 Å². The van der Waals surface area contributed by atoms with Gasteiger partial charge in [-0.15, -0.1) is 6.58 Å². The van der Waals surface area contributed by atoms with E-state index in [0.29, 0.717) is 19.7 Å². The Morgan fingerprint density at radius 3 is 3.28 bits per heavy atom. The Kier molecular flexibility index (Phi) is 2.64. The zero-order valence-electron chi connectivity index (χ0n) is 9.78. The number of nitrogens with zero attached hydrogens (tertiary/aromatic N) is 3. The van der Waals surface area contributed by atoms with Gasteiger partial charge >= 0.3 is 6.03 Å². The first kappa shape index (κ1) is 11.0. The van der Waals surface area contributed by atoms with Gasteiger partial charge in [-0.1, -0.05) is 17.3 Å². The summed E-state index contributed by atoms with van der Waals surface area (Å²) in [6.07, 6.45) is 6.86. The van der Waals surface area contributed by atoms with Gasteiger partial charge < -0.3 is 9.42 Å². The highest BCUT2D eigenvalue weighted by molar-refractivity contribution is 5.84. The summed E-state index contributed by atoms with van der Waals surface area (Å²) >= 11 is 0. The fraction of sp³-hybridized carbons (Fsp3) is 0.333. The Bertz CT molecular complexity index is 495. The predicted octanol–water partition coefficient (Wildman–Crippen LogP) is 1.30. The molecule has 94 valence electrons. The Labute approximate surface area is 104 Å². The van der Waals surface area contributed by atoms with Crippen molar-refractivity contribution >= 4 is 11.6 Å². The predicted molar refractivity (Wildman–Crippen MR) is 63.2 cm³/mol. The maximum absolute atomic E-state index is 12.0. The second-order valence-corrected chi connectivity index (χ2v) is 4.19. The summed E-state index contributed by atoms with van der Waals surface area (Å²) in [6.45, 7) is 5.12. The van der Waals surface area contributed by atoms with Gasteiger partial charge in [0.2, 0.25) is 0 Å². The van der Waals surface area contributed by atoms with Crippen molar-refractivity contribution in [2.75, 3.05) is 19.7 Å². The average molecular weight is 247 g/mol. The maximum Gasteiger partial charge on any atom is 0.344 e. The normalized spacial score (nSPS) is 22.3. The van der Waals surface area contributed by atoms with Crippen LogP contribution in [0.25, 0.3) is 5.57 Å². The van der Waals surface area contributed by atoms with Crippen molar-refractivity contribution in [2.45, 2.75) is 6.04 Å². The third kappa shape index (κ3) is 1.62. The van der Waals surface area contributed by atoms with Crippen molar-refractivity contribution in [3.63, 3.8) is 0 Å². The van der Waals surface area contributed by atoms with Crippen molar-refractivity contribution in [1.82, 2.24) is 15.1 Å². The number of hydrogen-bond donors (Lipinski definition) is 0. The van der Waals surface area contributed by atoms with E-state index < -0.39 is 0 Å². The monoisotopic (exact) mass is 247 g/mol. The van der Waals surface area contributed by atoms with Crippen molar-refractivity contribution in [2.24, 2.45) is 0 Å². The molecule has 1 aromatic rings. The molecule has 3 heterocycles. The molecule has 0 radical (unpaired) electrons. The van der Waals surface area contributed by atoms with Crippen LogP contribution in [0.4, 0.5) is 4.79 Å². The van der Waals surface area contributed by atoms with Crippen molar-refractivity contribution in [3.8, 4) is 0 Å². The smallest absolute Gasteiger partial charge is 0.344 e. The molecule has 2 bridgehead atoms. The molecule has 2 aliphatic heterocycles. The van der Waals surface area contributed by atoms with Crippen LogP contribution in [0.15, 0.2) is 35.7 Å². The molecule has 1 saturated heterocycles. The summed E-state index contributed by atoms with van der Waals surface area (Å²) in [5.74, 6) is 0. The van der Waals surface area contributed by atoms with Crippen LogP contribution in [0.5, 0.6) is 0 Å². The van der Waals surface area contributed by atoms with Gasteiger partial charge in [0.05, 0.1) is 19.3 Å². The van der Waals surface area contributed by atoms with E-state index >= 15 is 0 Å². The molecule has 0 N–H and O–H groups in total. The van der Waals surface area contributed by atoms with Gasteiger partial charge in [0, 0.05) is 12.1 Å². The van der Waals surface area contributed by atoms with Crippen LogP contribution in [0, 0.1) is 0 Å². The van der Waals surface area contributed by atoms with Crippen molar-refractivity contribution < 1.29 is 14.2 Å². The molecule has 6 heteroatoms. The Morgan fingerprint density at radius 2 is 2.56 bits per heavy atom. The van der Waals surface area contributed by atoms with E-state index in [-0.39, 0.29) is 12.1 Å². The van der Waals surface area contributed by atoms with Gasteiger partial charge in [-0.25, -0.2) is 4.79 Å². The molecule has 0 saturated carbocycles. The lowest BCUT2D eigenvalue weighted by Gasteiger charge is -2.23. The first-order chi connectivity index (χ1) is 8.81. The minimum Gasteiger partial charge on any atom is -0.364 e. The van der Waals surface area contributed by atoms with Gasteiger partial charge in [-0.2, -0.15) is 5.06 Å². The van der Waals surface area contributed by atoms with Crippen molar-refractivity contribution in [3.05, 3.63) is 36.8 Å². The van der Waals surface area contributed by atoms with Crippen molar-refractivity contribution in [1.29, 1.82) is 0 Å². The Morgan fingerprint density at radius 1 is 1.67 bits per heavy atom. The third-order valence-electron chi connectivity index (χ3n) is 3.12. The first-order valence-corrected chi connectivity index (χ1v) is 5.73. The quantitative estimate of drug-likeness (QED) is 0.752. The molecule has 0 aromatic carbocycles. The lowest BCUT2D eigenvalue weighted by Crippen LogP contribution is -2.34. The largest absolute Gasteiger partial charge is 0.364 e. The number of amides is 2. The second kappa shape index (κ2) is 4.30. The zero-order chi connectivity index (χ0) is 12.5. The Hall–Kier alpha value is -2.08. The topological polar surface area (TPSA) is 58.8 Å². The average Bonchev–Trinajstić information content (AvgIpc) is 2.99. The molecule has 2 aliphatic rings. The molecule has 3 rings (SSSR count). The number of carbonyl (C=O) groups excluding carboxylic acids is 1.